The van der Waals surface area contributed by atoms with Crippen LogP contribution in [0, 0.1) is 0 Å². The molecule has 1 aromatic rings. The maximum atomic E-state index is 6.05. The molecule has 0 bridgehead atoms. The van der Waals surface area contributed by atoms with Gasteiger partial charge in [-0.05, 0) is 63.5 Å². The van der Waals surface area contributed by atoms with Crippen molar-refractivity contribution in [1.82, 2.24) is 10.2 Å². The second-order valence-electron chi connectivity index (χ2n) is 5.49. The van der Waals surface area contributed by atoms with Gasteiger partial charge in [0.15, 0.2) is 0 Å². The summed E-state index contributed by atoms with van der Waals surface area (Å²) in [5.41, 5.74) is 1.19. The molecule has 1 fully saturated rings. The molecular weight excluding hydrogens is 279 g/mol. The van der Waals surface area contributed by atoms with E-state index < -0.39 is 0 Å². The van der Waals surface area contributed by atoms with Crippen LogP contribution >= 0.6 is 23.2 Å². The highest BCUT2D eigenvalue weighted by Gasteiger charge is 2.23. The van der Waals surface area contributed by atoms with Gasteiger partial charge in [-0.15, -0.1) is 0 Å². The quantitative estimate of drug-likeness (QED) is 0.905. The molecule has 0 saturated heterocycles. The first kappa shape index (κ1) is 15.1. The van der Waals surface area contributed by atoms with Gasteiger partial charge in [-0.2, -0.15) is 0 Å². The third kappa shape index (κ3) is 4.35. The molecular formula is C15H22Cl2N2. The Bertz CT molecular complexity index is 394. The molecule has 1 saturated carbocycles. The second-order valence-corrected chi connectivity index (χ2v) is 6.36. The molecule has 0 amide bonds. The lowest BCUT2D eigenvalue weighted by molar-refractivity contribution is 0.170. The Morgan fingerprint density at radius 1 is 1.11 bits per heavy atom. The van der Waals surface area contributed by atoms with E-state index in [1.807, 2.05) is 12.1 Å². The van der Waals surface area contributed by atoms with Gasteiger partial charge in [0.2, 0.25) is 0 Å². The van der Waals surface area contributed by atoms with Gasteiger partial charge in [-0.3, -0.25) is 4.90 Å². The van der Waals surface area contributed by atoms with E-state index in [4.69, 9.17) is 23.2 Å². The molecule has 0 aromatic heterocycles. The average molecular weight is 301 g/mol. The Morgan fingerprint density at radius 2 is 1.68 bits per heavy atom. The molecule has 2 rings (SSSR count). The van der Waals surface area contributed by atoms with E-state index in [-0.39, 0.29) is 0 Å². The second kappa shape index (κ2) is 6.94. The number of hydrogen-bond donors (Lipinski definition) is 1. The zero-order chi connectivity index (χ0) is 13.8. The summed E-state index contributed by atoms with van der Waals surface area (Å²) in [4.78, 5) is 2.42. The summed E-state index contributed by atoms with van der Waals surface area (Å²) >= 11 is 12.1. The average Bonchev–Trinajstić information content (AvgIpc) is 2.37. The lowest BCUT2D eigenvalue weighted by Gasteiger charge is -2.34. The Balaban J connectivity index is 1.92. The molecule has 4 heteroatoms. The maximum absolute atomic E-state index is 6.05. The monoisotopic (exact) mass is 300 g/mol. The Labute approximate surface area is 126 Å². The van der Waals surface area contributed by atoms with Crippen molar-refractivity contribution in [3.05, 3.63) is 33.8 Å². The summed E-state index contributed by atoms with van der Waals surface area (Å²) in [6.45, 7) is 0.912. The van der Waals surface area contributed by atoms with Crippen molar-refractivity contribution in [2.75, 3.05) is 14.1 Å². The number of benzene rings is 1. The summed E-state index contributed by atoms with van der Waals surface area (Å²) in [5.74, 6) is 0. The number of nitrogens with zero attached hydrogens (tertiary/aromatic N) is 1. The minimum atomic E-state index is 0.669. The van der Waals surface area contributed by atoms with E-state index in [9.17, 15) is 0 Å². The van der Waals surface area contributed by atoms with E-state index in [1.165, 1.54) is 31.2 Å². The van der Waals surface area contributed by atoms with Crippen molar-refractivity contribution < 1.29 is 0 Å². The van der Waals surface area contributed by atoms with E-state index >= 15 is 0 Å². The topological polar surface area (TPSA) is 15.3 Å². The van der Waals surface area contributed by atoms with Gasteiger partial charge in [0.05, 0.1) is 0 Å². The molecule has 1 aliphatic carbocycles. The predicted octanol–water partition coefficient (Wildman–Crippen LogP) is 3.96. The lowest BCUT2D eigenvalue weighted by atomic mass is 9.90. The minimum absolute atomic E-state index is 0.669. The summed E-state index contributed by atoms with van der Waals surface area (Å²) in [6.07, 6.45) is 5.05. The van der Waals surface area contributed by atoms with Crippen LogP contribution in [-0.2, 0) is 6.54 Å². The predicted molar refractivity (Wildman–Crippen MR) is 83.0 cm³/mol. The highest BCUT2D eigenvalue weighted by Crippen LogP contribution is 2.25. The summed E-state index contributed by atoms with van der Waals surface area (Å²) < 4.78 is 0. The smallest absolute Gasteiger partial charge is 0.0424 e. The molecule has 0 atom stereocenters. The molecule has 0 heterocycles. The van der Waals surface area contributed by atoms with Crippen molar-refractivity contribution in [2.24, 2.45) is 0 Å². The van der Waals surface area contributed by atoms with Gasteiger partial charge in [-0.1, -0.05) is 23.2 Å². The number of halogens is 2. The zero-order valence-corrected chi connectivity index (χ0v) is 13.1. The van der Waals surface area contributed by atoms with Crippen molar-refractivity contribution in [1.29, 1.82) is 0 Å². The Morgan fingerprint density at radius 3 is 2.21 bits per heavy atom. The number of rotatable bonds is 4. The van der Waals surface area contributed by atoms with Crippen LogP contribution in [0.4, 0.5) is 0 Å². The van der Waals surface area contributed by atoms with Gasteiger partial charge < -0.3 is 5.32 Å². The number of nitrogens with one attached hydrogen (secondary N) is 1. The fourth-order valence-corrected chi connectivity index (χ4v) is 3.50. The van der Waals surface area contributed by atoms with E-state index in [1.54, 1.807) is 6.07 Å². The fourth-order valence-electron chi connectivity index (χ4n) is 2.92. The van der Waals surface area contributed by atoms with E-state index in [0.29, 0.717) is 12.1 Å². The molecule has 0 aliphatic heterocycles. The van der Waals surface area contributed by atoms with Crippen LogP contribution < -0.4 is 5.32 Å². The lowest BCUT2D eigenvalue weighted by Crippen LogP contribution is -2.39. The van der Waals surface area contributed by atoms with Gasteiger partial charge in [-0.25, -0.2) is 0 Å². The van der Waals surface area contributed by atoms with Gasteiger partial charge in [0.25, 0.3) is 0 Å². The van der Waals surface area contributed by atoms with Crippen molar-refractivity contribution in [3.63, 3.8) is 0 Å². The zero-order valence-electron chi connectivity index (χ0n) is 11.6. The number of hydrogen-bond acceptors (Lipinski definition) is 2. The van der Waals surface area contributed by atoms with Crippen LogP contribution in [0.2, 0.25) is 10.0 Å². The first-order chi connectivity index (χ1) is 9.08. The Kier molecular flexibility index (Phi) is 5.52. The van der Waals surface area contributed by atoms with Crippen LogP contribution in [-0.4, -0.2) is 31.1 Å². The maximum Gasteiger partial charge on any atom is 0.0424 e. The minimum Gasteiger partial charge on any atom is -0.317 e. The largest absolute Gasteiger partial charge is 0.317 e. The van der Waals surface area contributed by atoms with Crippen molar-refractivity contribution in [2.45, 2.75) is 44.3 Å². The van der Waals surface area contributed by atoms with E-state index in [0.717, 1.165) is 16.6 Å². The SMILES string of the molecule is CNC1CCC(N(C)Cc2cc(Cl)cc(Cl)c2)CC1. The van der Waals surface area contributed by atoms with Crippen LogP contribution in [0.25, 0.3) is 0 Å². The molecule has 0 unspecified atom stereocenters. The first-order valence-corrected chi connectivity index (χ1v) is 7.66. The highest BCUT2D eigenvalue weighted by molar-refractivity contribution is 6.34. The van der Waals surface area contributed by atoms with Crippen molar-refractivity contribution >= 4 is 23.2 Å². The van der Waals surface area contributed by atoms with E-state index in [2.05, 4.69) is 24.3 Å². The molecule has 0 radical (unpaired) electrons. The highest BCUT2D eigenvalue weighted by atomic mass is 35.5. The summed E-state index contributed by atoms with van der Waals surface area (Å²) in [7, 11) is 4.25. The van der Waals surface area contributed by atoms with Gasteiger partial charge >= 0.3 is 0 Å². The van der Waals surface area contributed by atoms with Crippen molar-refractivity contribution in [3.8, 4) is 0 Å². The normalized spacial score (nSPS) is 23.8. The van der Waals surface area contributed by atoms with Gasteiger partial charge in [0, 0.05) is 28.7 Å². The van der Waals surface area contributed by atoms with Gasteiger partial charge in [0.1, 0.15) is 0 Å². The summed E-state index contributed by atoms with van der Waals surface area (Å²) in [5, 5.41) is 4.81. The molecule has 2 nitrogen and oxygen atoms in total. The molecule has 1 aromatic carbocycles. The van der Waals surface area contributed by atoms with Crippen LogP contribution in [0.15, 0.2) is 18.2 Å². The van der Waals surface area contributed by atoms with Crippen LogP contribution in [0.1, 0.15) is 31.2 Å². The third-order valence-electron chi connectivity index (χ3n) is 4.08. The van der Waals surface area contributed by atoms with Crippen LogP contribution in [0.5, 0.6) is 0 Å². The Hall–Kier alpha value is -0.280. The first-order valence-electron chi connectivity index (χ1n) is 6.91. The van der Waals surface area contributed by atoms with Crippen LogP contribution in [0.3, 0.4) is 0 Å². The molecule has 19 heavy (non-hydrogen) atoms. The molecule has 1 aliphatic rings. The standard InChI is InChI=1S/C15H22Cl2N2/c1-18-14-3-5-15(6-4-14)19(2)10-11-7-12(16)9-13(17)8-11/h7-9,14-15,18H,3-6,10H2,1-2H3. The fraction of sp³-hybridized carbons (Fsp3) is 0.600. The summed E-state index contributed by atoms with van der Waals surface area (Å²) in [6, 6.07) is 7.16. The molecule has 106 valence electrons. The third-order valence-corrected chi connectivity index (χ3v) is 4.52. The molecule has 0 spiro atoms. The molecule has 1 N–H and O–H groups in total.